The molecular formula is C16H22N4. The van der Waals surface area contributed by atoms with Gasteiger partial charge in [0, 0.05) is 18.0 Å². The Morgan fingerprint density at radius 2 is 1.90 bits per heavy atom. The second kappa shape index (κ2) is 5.37. The van der Waals surface area contributed by atoms with E-state index in [2.05, 4.69) is 29.5 Å². The number of piperidine rings is 1. The van der Waals surface area contributed by atoms with Crippen LogP contribution in [0.15, 0.2) is 30.3 Å². The average Bonchev–Trinajstić information content (AvgIpc) is 2.91. The van der Waals surface area contributed by atoms with Crippen molar-refractivity contribution >= 4 is 0 Å². The fraction of sp³-hybridized carbons (Fsp3) is 0.500. The molecule has 0 saturated carbocycles. The lowest BCUT2D eigenvalue weighted by molar-refractivity contribution is 0.274. The van der Waals surface area contributed by atoms with E-state index in [1.165, 1.54) is 0 Å². The minimum absolute atomic E-state index is 0.181. The summed E-state index contributed by atoms with van der Waals surface area (Å²) in [7, 11) is 2.02. The van der Waals surface area contributed by atoms with Gasteiger partial charge in [-0.2, -0.15) is 5.10 Å². The molecule has 106 valence electrons. The molecule has 1 aromatic carbocycles. The summed E-state index contributed by atoms with van der Waals surface area (Å²) in [6.45, 7) is 4.41. The van der Waals surface area contributed by atoms with Crippen LogP contribution >= 0.6 is 0 Å². The van der Waals surface area contributed by atoms with Gasteiger partial charge in [0.05, 0.1) is 0 Å². The summed E-state index contributed by atoms with van der Waals surface area (Å²) in [5, 5.41) is 8.08. The SMILES string of the molecule is CCC1(c2nc(-c3ccccc3)nn2C)CCNCC1. The van der Waals surface area contributed by atoms with Crippen molar-refractivity contribution in [1.82, 2.24) is 20.1 Å². The van der Waals surface area contributed by atoms with Gasteiger partial charge in [-0.1, -0.05) is 37.3 Å². The van der Waals surface area contributed by atoms with Crippen LogP contribution in [0, 0.1) is 0 Å². The summed E-state index contributed by atoms with van der Waals surface area (Å²) in [6, 6.07) is 10.2. The van der Waals surface area contributed by atoms with Crippen LogP contribution in [0.4, 0.5) is 0 Å². The number of nitrogens with one attached hydrogen (secondary N) is 1. The fourth-order valence-corrected chi connectivity index (χ4v) is 3.20. The van der Waals surface area contributed by atoms with E-state index in [1.807, 2.05) is 29.9 Å². The molecule has 20 heavy (non-hydrogen) atoms. The molecule has 1 aromatic heterocycles. The third-order valence-electron chi connectivity index (χ3n) is 4.51. The predicted octanol–water partition coefficient (Wildman–Crippen LogP) is 2.51. The van der Waals surface area contributed by atoms with Crippen LogP contribution in [0.3, 0.4) is 0 Å². The minimum Gasteiger partial charge on any atom is -0.317 e. The maximum absolute atomic E-state index is 4.87. The van der Waals surface area contributed by atoms with Gasteiger partial charge in [-0.05, 0) is 32.4 Å². The molecule has 1 aliphatic rings. The Kier molecular flexibility index (Phi) is 3.57. The van der Waals surface area contributed by atoms with E-state index in [0.29, 0.717) is 0 Å². The summed E-state index contributed by atoms with van der Waals surface area (Å²) >= 11 is 0. The zero-order valence-corrected chi connectivity index (χ0v) is 12.3. The number of aromatic nitrogens is 3. The van der Waals surface area contributed by atoms with Gasteiger partial charge in [0.15, 0.2) is 5.82 Å². The third kappa shape index (κ3) is 2.24. The van der Waals surface area contributed by atoms with Gasteiger partial charge in [-0.15, -0.1) is 0 Å². The molecule has 0 aliphatic carbocycles. The lowest BCUT2D eigenvalue weighted by Gasteiger charge is -2.35. The Morgan fingerprint density at radius 1 is 1.20 bits per heavy atom. The van der Waals surface area contributed by atoms with Crippen LogP contribution in [0.5, 0.6) is 0 Å². The number of nitrogens with zero attached hydrogens (tertiary/aromatic N) is 3. The van der Waals surface area contributed by atoms with Gasteiger partial charge >= 0.3 is 0 Å². The van der Waals surface area contributed by atoms with E-state index in [9.17, 15) is 0 Å². The molecular weight excluding hydrogens is 248 g/mol. The molecule has 1 N–H and O–H groups in total. The van der Waals surface area contributed by atoms with E-state index < -0.39 is 0 Å². The highest BCUT2D eigenvalue weighted by Gasteiger charge is 2.36. The Hall–Kier alpha value is -1.68. The van der Waals surface area contributed by atoms with E-state index in [1.54, 1.807) is 0 Å². The summed E-state index contributed by atoms with van der Waals surface area (Å²) in [5.74, 6) is 1.98. The molecule has 0 amide bonds. The minimum atomic E-state index is 0.181. The zero-order valence-electron chi connectivity index (χ0n) is 12.3. The first kappa shape index (κ1) is 13.3. The van der Waals surface area contributed by atoms with Crippen LogP contribution in [0.1, 0.15) is 32.0 Å². The number of hydrogen-bond donors (Lipinski definition) is 1. The molecule has 0 spiro atoms. The second-order valence-corrected chi connectivity index (χ2v) is 5.63. The van der Waals surface area contributed by atoms with Crippen molar-refractivity contribution in [3.8, 4) is 11.4 Å². The van der Waals surface area contributed by atoms with Crippen molar-refractivity contribution in [2.75, 3.05) is 13.1 Å². The molecule has 1 saturated heterocycles. The van der Waals surface area contributed by atoms with Crippen LogP contribution in [-0.4, -0.2) is 27.9 Å². The Morgan fingerprint density at radius 3 is 2.55 bits per heavy atom. The monoisotopic (exact) mass is 270 g/mol. The van der Waals surface area contributed by atoms with E-state index in [4.69, 9.17) is 4.98 Å². The number of hydrogen-bond acceptors (Lipinski definition) is 3. The largest absolute Gasteiger partial charge is 0.317 e. The van der Waals surface area contributed by atoms with Crippen molar-refractivity contribution < 1.29 is 0 Å². The van der Waals surface area contributed by atoms with Gasteiger partial charge in [-0.25, -0.2) is 4.98 Å². The molecule has 2 heterocycles. The van der Waals surface area contributed by atoms with Crippen molar-refractivity contribution in [2.24, 2.45) is 7.05 Å². The summed E-state index contributed by atoms with van der Waals surface area (Å²) in [6.07, 6.45) is 3.41. The molecule has 1 fully saturated rings. The van der Waals surface area contributed by atoms with Crippen LogP contribution in [0.25, 0.3) is 11.4 Å². The molecule has 0 radical (unpaired) electrons. The molecule has 4 heteroatoms. The van der Waals surface area contributed by atoms with Gasteiger partial charge in [0.2, 0.25) is 0 Å². The van der Waals surface area contributed by atoms with E-state index in [-0.39, 0.29) is 5.41 Å². The first-order valence-corrected chi connectivity index (χ1v) is 7.43. The van der Waals surface area contributed by atoms with Crippen molar-refractivity contribution in [1.29, 1.82) is 0 Å². The highest BCUT2D eigenvalue weighted by atomic mass is 15.3. The van der Waals surface area contributed by atoms with Crippen LogP contribution < -0.4 is 5.32 Å². The zero-order chi connectivity index (χ0) is 14.0. The normalized spacial score (nSPS) is 18.1. The third-order valence-corrected chi connectivity index (χ3v) is 4.51. The van der Waals surface area contributed by atoms with Gasteiger partial charge in [0.25, 0.3) is 0 Å². The van der Waals surface area contributed by atoms with Gasteiger partial charge < -0.3 is 5.32 Å². The first-order valence-electron chi connectivity index (χ1n) is 7.43. The topological polar surface area (TPSA) is 42.7 Å². The summed E-state index contributed by atoms with van der Waals surface area (Å²) in [4.78, 5) is 4.87. The van der Waals surface area contributed by atoms with Gasteiger partial charge in [0.1, 0.15) is 5.82 Å². The van der Waals surface area contributed by atoms with E-state index in [0.717, 1.165) is 49.6 Å². The van der Waals surface area contributed by atoms with Crippen molar-refractivity contribution in [2.45, 2.75) is 31.6 Å². The number of aryl methyl sites for hydroxylation is 1. The average molecular weight is 270 g/mol. The van der Waals surface area contributed by atoms with Crippen molar-refractivity contribution in [3.63, 3.8) is 0 Å². The molecule has 2 aromatic rings. The smallest absolute Gasteiger partial charge is 0.181 e. The fourth-order valence-electron chi connectivity index (χ4n) is 3.20. The van der Waals surface area contributed by atoms with Crippen LogP contribution in [-0.2, 0) is 12.5 Å². The lowest BCUT2D eigenvalue weighted by atomic mass is 9.76. The molecule has 0 atom stereocenters. The van der Waals surface area contributed by atoms with Crippen molar-refractivity contribution in [3.05, 3.63) is 36.2 Å². The molecule has 4 nitrogen and oxygen atoms in total. The van der Waals surface area contributed by atoms with Gasteiger partial charge in [-0.3, -0.25) is 4.68 Å². The second-order valence-electron chi connectivity index (χ2n) is 5.63. The van der Waals surface area contributed by atoms with Crippen LogP contribution in [0.2, 0.25) is 0 Å². The predicted molar refractivity (Wildman–Crippen MR) is 80.5 cm³/mol. The Labute approximate surface area is 120 Å². The lowest BCUT2D eigenvalue weighted by Crippen LogP contribution is -2.41. The molecule has 3 rings (SSSR count). The Balaban J connectivity index is 2.00. The summed E-state index contributed by atoms with van der Waals surface area (Å²) < 4.78 is 1.98. The highest BCUT2D eigenvalue weighted by molar-refractivity contribution is 5.54. The first-order chi connectivity index (χ1) is 9.75. The quantitative estimate of drug-likeness (QED) is 0.932. The van der Waals surface area contributed by atoms with E-state index >= 15 is 0 Å². The maximum atomic E-state index is 4.87. The number of benzene rings is 1. The molecule has 0 unspecified atom stereocenters. The highest BCUT2D eigenvalue weighted by Crippen LogP contribution is 2.36. The summed E-state index contributed by atoms with van der Waals surface area (Å²) in [5.41, 5.74) is 1.27. The standard InChI is InChI=1S/C16H22N4/c1-3-16(9-11-17-12-10-16)15-18-14(19-20(15)2)13-7-5-4-6-8-13/h4-8,17H,3,9-12H2,1-2H3. The molecule has 1 aliphatic heterocycles. The number of rotatable bonds is 3. The maximum Gasteiger partial charge on any atom is 0.181 e. The molecule has 0 bridgehead atoms. The Bertz CT molecular complexity index is 567.